The van der Waals surface area contributed by atoms with Gasteiger partial charge in [-0.3, -0.25) is 0 Å². The molecule has 0 spiro atoms. The van der Waals surface area contributed by atoms with Crippen LogP contribution in [0.2, 0.25) is 0 Å². The van der Waals surface area contributed by atoms with E-state index in [0.29, 0.717) is 6.04 Å². The van der Waals surface area contributed by atoms with E-state index in [4.69, 9.17) is 4.74 Å². The Balaban J connectivity index is 1.70. The quantitative estimate of drug-likeness (QED) is 0.819. The van der Waals surface area contributed by atoms with E-state index in [2.05, 4.69) is 5.32 Å². The van der Waals surface area contributed by atoms with E-state index in [-0.39, 0.29) is 24.0 Å². The minimum Gasteiger partial charge on any atom is -0.376 e. The van der Waals surface area contributed by atoms with Crippen molar-refractivity contribution in [1.29, 1.82) is 0 Å². The molecule has 2 aliphatic rings. The van der Waals surface area contributed by atoms with E-state index in [0.717, 1.165) is 37.9 Å². The van der Waals surface area contributed by atoms with Crippen LogP contribution in [0.5, 0.6) is 0 Å². The molecule has 2 atom stereocenters. The Labute approximate surface area is 149 Å². The predicted molar refractivity (Wildman–Crippen MR) is 95.9 cm³/mol. The summed E-state index contributed by atoms with van der Waals surface area (Å²) in [7, 11) is 1.89. The van der Waals surface area contributed by atoms with Gasteiger partial charge >= 0.3 is 6.03 Å². The van der Waals surface area contributed by atoms with Crippen LogP contribution < -0.4 is 5.32 Å². The van der Waals surface area contributed by atoms with Crippen LogP contribution >= 0.6 is 0 Å². The summed E-state index contributed by atoms with van der Waals surface area (Å²) in [5.41, 5.74) is 0.899. The smallest absolute Gasteiger partial charge is 0.317 e. The molecule has 0 unspecified atom stereocenters. The van der Waals surface area contributed by atoms with Gasteiger partial charge in [0.25, 0.3) is 0 Å². The van der Waals surface area contributed by atoms with E-state index in [1.165, 1.54) is 37.8 Å². The van der Waals surface area contributed by atoms with Crippen LogP contribution in [0.15, 0.2) is 24.3 Å². The number of nitrogens with zero attached hydrogens (tertiary/aromatic N) is 1. The lowest BCUT2D eigenvalue weighted by Crippen LogP contribution is -2.47. The summed E-state index contributed by atoms with van der Waals surface area (Å²) in [5, 5.41) is 3.15. The lowest BCUT2D eigenvalue weighted by molar-refractivity contribution is 0.0772. The monoisotopic (exact) mass is 348 g/mol. The van der Waals surface area contributed by atoms with Crippen molar-refractivity contribution in [3.63, 3.8) is 0 Å². The molecule has 1 aromatic rings. The first-order chi connectivity index (χ1) is 12.1. The molecule has 2 amide bonds. The second-order valence-corrected chi connectivity index (χ2v) is 7.29. The minimum absolute atomic E-state index is 0.0445. The molecule has 25 heavy (non-hydrogen) atoms. The molecule has 0 aromatic heterocycles. The van der Waals surface area contributed by atoms with Crippen molar-refractivity contribution in [3.05, 3.63) is 35.6 Å². The average Bonchev–Trinajstić information content (AvgIpc) is 3.01. The van der Waals surface area contributed by atoms with Crippen molar-refractivity contribution < 1.29 is 13.9 Å². The first-order valence-corrected chi connectivity index (χ1v) is 9.55. The Morgan fingerprint density at radius 2 is 1.80 bits per heavy atom. The van der Waals surface area contributed by atoms with Gasteiger partial charge < -0.3 is 15.0 Å². The number of nitrogens with one attached hydrogen (secondary N) is 1. The van der Waals surface area contributed by atoms with E-state index in [9.17, 15) is 9.18 Å². The van der Waals surface area contributed by atoms with Gasteiger partial charge in [-0.15, -0.1) is 0 Å². The molecule has 5 heteroatoms. The Bertz CT molecular complexity index is 549. The number of carbonyl (C=O) groups is 1. The summed E-state index contributed by atoms with van der Waals surface area (Å²) >= 11 is 0. The molecule has 1 aliphatic carbocycles. The first kappa shape index (κ1) is 18.2. The molecule has 2 fully saturated rings. The second kappa shape index (κ2) is 8.65. The van der Waals surface area contributed by atoms with E-state index < -0.39 is 0 Å². The maximum absolute atomic E-state index is 13.3. The van der Waals surface area contributed by atoms with Crippen molar-refractivity contribution in [3.8, 4) is 0 Å². The number of halogens is 1. The molecular weight excluding hydrogens is 319 g/mol. The third kappa shape index (κ3) is 4.72. The van der Waals surface area contributed by atoms with Crippen molar-refractivity contribution in [2.75, 3.05) is 13.7 Å². The van der Waals surface area contributed by atoms with Gasteiger partial charge in [-0.2, -0.15) is 0 Å². The van der Waals surface area contributed by atoms with Crippen LogP contribution in [0.1, 0.15) is 63.0 Å². The molecule has 4 nitrogen and oxygen atoms in total. The summed E-state index contributed by atoms with van der Waals surface area (Å²) in [4.78, 5) is 14.7. The lowest BCUT2D eigenvalue weighted by Gasteiger charge is -2.31. The summed E-state index contributed by atoms with van der Waals surface area (Å²) in [5.74, 6) is -0.267. The minimum atomic E-state index is -0.267. The summed E-state index contributed by atoms with van der Waals surface area (Å²) in [6.45, 7) is 0.719. The van der Waals surface area contributed by atoms with Gasteiger partial charge in [0.1, 0.15) is 5.82 Å². The van der Waals surface area contributed by atoms with Crippen LogP contribution in [0.4, 0.5) is 9.18 Å². The highest BCUT2D eigenvalue weighted by Gasteiger charge is 2.31. The summed E-state index contributed by atoms with van der Waals surface area (Å²) in [6.07, 6.45) is 8.92. The predicted octanol–water partition coefficient (Wildman–Crippen LogP) is 4.41. The lowest BCUT2D eigenvalue weighted by atomic mass is 9.99. The average molecular weight is 348 g/mol. The molecule has 1 aromatic carbocycles. The van der Waals surface area contributed by atoms with E-state index >= 15 is 0 Å². The Morgan fingerprint density at radius 1 is 1.12 bits per heavy atom. The van der Waals surface area contributed by atoms with Crippen molar-refractivity contribution in [2.45, 2.75) is 69.6 Å². The van der Waals surface area contributed by atoms with Gasteiger partial charge in [0.05, 0.1) is 12.1 Å². The van der Waals surface area contributed by atoms with Gasteiger partial charge in [0.2, 0.25) is 0 Å². The molecule has 1 N–H and O–H groups in total. The van der Waals surface area contributed by atoms with Gasteiger partial charge in [0.15, 0.2) is 0 Å². The third-order valence-corrected chi connectivity index (χ3v) is 5.54. The van der Waals surface area contributed by atoms with Crippen LogP contribution in [-0.2, 0) is 4.74 Å². The number of urea groups is 1. The zero-order valence-electron chi connectivity index (χ0n) is 15.0. The van der Waals surface area contributed by atoms with Crippen molar-refractivity contribution in [1.82, 2.24) is 10.2 Å². The number of rotatable bonds is 4. The normalized spacial score (nSPS) is 23.0. The SMILES string of the molecule is CN(C(=O)N[C@@H](c1ccc(F)cc1)[C@H]1CCCO1)C1CCCCCC1. The van der Waals surface area contributed by atoms with Crippen LogP contribution in [0.3, 0.4) is 0 Å². The fourth-order valence-electron chi connectivity index (χ4n) is 3.97. The molecule has 1 heterocycles. The fraction of sp³-hybridized carbons (Fsp3) is 0.650. The van der Waals surface area contributed by atoms with Crippen LogP contribution in [0, 0.1) is 5.82 Å². The Morgan fingerprint density at radius 3 is 2.40 bits per heavy atom. The Kier molecular flexibility index (Phi) is 6.29. The van der Waals surface area contributed by atoms with Gasteiger partial charge in [-0.05, 0) is 43.4 Å². The molecule has 1 saturated carbocycles. The molecule has 0 radical (unpaired) electrons. The summed E-state index contributed by atoms with van der Waals surface area (Å²) < 4.78 is 19.1. The Hall–Kier alpha value is -1.62. The molecular formula is C20H29FN2O2. The van der Waals surface area contributed by atoms with Crippen molar-refractivity contribution >= 4 is 6.03 Å². The molecule has 3 rings (SSSR count). The van der Waals surface area contributed by atoms with Gasteiger partial charge in [-0.25, -0.2) is 9.18 Å². The maximum atomic E-state index is 13.3. The highest BCUT2D eigenvalue weighted by atomic mass is 19.1. The fourth-order valence-corrected chi connectivity index (χ4v) is 3.97. The number of amides is 2. The standard InChI is InChI=1S/C20H29FN2O2/c1-23(17-7-4-2-3-5-8-17)20(24)22-19(18-9-6-14-25-18)15-10-12-16(21)13-11-15/h10-13,17-19H,2-9,14H2,1H3,(H,22,24)/t18-,19+/m1/s1. The highest BCUT2D eigenvalue weighted by molar-refractivity contribution is 5.75. The van der Waals surface area contributed by atoms with Crippen LogP contribution in [0.25, 0.3) is 0 Å². The van der Waals surface area contributed by atoms with Crippen LogP contribution in [-0.4, -0.2) is 36.7 Å². The maximum Gasteiger partial charge on any atom is 0.317 e. The largest absolute Gasteiger partial charge is 0.376 e. The number of carbonyl (C=O) groups excluding carboxylic acids is 1. The number of hydrogen-bond donors (Lipinski definition) is 1. The zero-order chi connectivity index (χ0) is 17.6. The van der Waals surface area contributed by atoms with Gasteiger partial charge in [0, 0.05) is 19.7 Å². The summed E-state index contributed by atoms with van der Waals surface area (Å²) in [6, 6.07) is 6.39. The zero-order valence-corrected chi connectivity index (χ0v) is 15.0. The third-order valence-electron chi connectivity index (χ3n) is 5.54. The number of hydrogen-bond acceptors (Lipinski definition) is 2. The number of benzene rings is 1. The molecule has 138 valence electrons. The van der Waals surface area contributed by atoms with Gasteiger partial charge in [-0.1, -0.05) is 37.8 Å². The molecule has 1 aliphatic heterocycles. The van der Waals surface area contributed by atoms with E-state index in [1.54, 1.807) is 12.1 Å². The second-order valence-electron chi connectivity index (χ2n) is 7.29. The van der Waals surface area contributed by atoms with Crippen molar-refractivity contribution in [2.24, 2.45) is 0 Å². The highest BCUT2D eigenvalue weighted by Crippen LogP contribution is 2.28. The number of ether oxygens (including phenoxy) is 1. The topological polar surface area (TPSA) is 41.6 Å². The molecule has 0 bridgehead atoms. The first-order valence-electron chi connectivity index (χ1n) is 9.55. The molecule has 1 saturated heterocycles. The van der Waals surface area contributed by atoms with E-state index in [1.807, 2.05) is 11.9 Å².